The normalized spacial score (nSPS) is 19.7. The molecule has 1 saturated heterocycles. The molecule has 0 bridgehead atoms. The van der Waals surface area contributed by atoms with Crippen molar-refractivity contribution in [3.8, 4) is 0 Å². The van der Waals surface area contributed by atoms with Crippen LogP contribution in [0.3, 0.4) is 0 Å². The second-order valence-electron chi connectivity index (χ2n) is 6.65. The maximum Gasteiger partial charge on any atom is 0.243 e. The number of anilines is 1. The Morgan fingerprint density at radius 1 is 0.960 bits per heavy atom. The minimum absolute atomic E-state index is 0.338. The summed E-state index contributed by atoms with van der Waals surface area (Å²) in [7, 11) is -3.39. The zero-order valence-corrected chi connectivity index (χ0v) is 14.8. The van der Waals surface area contributed by atoms with E-state index >= 15 is 0 Å². The van der Waals surface area contributed by atoms with Crippen molar-refractivity contribution >= 4 is 15.8 Å². The Morgan fingerprint density at radius 3 is 2.24 bits per heavy atom. The van der Waals surface area contributed by atoms with E-state index in [0.29, 0.717) is 30.1 Å². The van der Waals surface area contributed by atoms with Gasteiger partial charge in [-0.15, -0.1) is 0 Å². The van der Waals surface area contributed by atoms with Crippen molar-refractivity contribution in [3.63, 3.8) is 0 Å². The molecule has 0 atom stereocenters. The van der Waals surface area contributed by atoms with Crippen molar-refractivity contribution in [3.05, 3.63) is 48.9 Å². The van der Waals surface area contributed by atoms with Gasteiger partial charge in [0.1, 0.15) is 12.1 Å². The first kappa shape index (κ1) is 16.5. The van der Waals surface area contributed by atoms with E-state index in [9.17, 15) is 8.42 Å². The molecule has 2 heterocycles. The molecular formula is C18H22N4O2S. The Labute approximate surface area is 148 Å². The van der Waals surface area contributed by atoms with Gasteiger partial charge in [-0.05, 0) is 43.9 Å². The van der Waals surface area contributed by atoms with Gasteiger partial charge in [-0.3, -0.25) is 0 Å². The molecule has 2 aromatic rings. The molecule has 1 aliphatic heterocycles. The van der Waals surface area contributed by atoms with E-state index < -0.39 is 10.0 Å². The number of rotatable bonds is 5. The minimum Gasteiger partial charge on any atom is -0.350 e. The van der Waals surface area contributed by atoms with Crippen LogP contribution in [0.5, 0.6) is 0 Å². The second kappa shape index (κ2) is 6.72. The molecular weight excluding hydrogens is 336 g/mol. The van der Waals surface area contributed by atoms with E-state index in [1.807, 2.05) is 12.1 Å². The van der Waals surface area contributed by atoms with Crippen LogP contribution in [-0.2, 0) is 10.0 Å². The van der Waals surface area contributed by atoms with Gasteiger partial charge >= 0.3 is 0 Å². The lowest BCUT2D eigenvalue weighted by Gasteiger charge is -2.38. The van der Waals surface area contributed by atoms with E-state index in [4.69, 9.17) is 0 Å². The van der Waals surface area contributed by atoms with Gasteiger partial charge in [-0.1, -0.05) is 18.2 Å². The van der Waals surface area contributed by atoms with Crippen LogP contribution in [-0.4, -0.2) is 47.9 Å². The first-order valence-corrected chi connectivity index (χ1v) is 10.2. The molecule has 2 fully saturated rings. The number of hydrogen-bond acceptors (Lipinski definition) is 5. The Hall–Kier alpha value is -1.99. The Balaban J connectivity index is 1.48. The van der Waals surface area contributed by atoms with Gasteiger partial charge in [0.2, 0.25) is 10.0 Å². The number of aromatic nitrogens is 2. The number of benzene rings is 1. The fourth-order valence-electron chi connectivity index (χ4n) is 3.56. The largest absolute Gasteiger partial charge is 0.350 e. The molecule has 1 aliphatic carbocycles. The molecule has 1 saturated carbocycles. The second-order valence-corrected chi connectivity index (χ2v) is 8.59. The van der Waals surface area contributed by atoms with Gasteiger partial charge in [0.05, 0.1) is 4.90 Å². The van der Waals surface area contributed by atoms with Crippen LogP contribution < -0.4 is 4.90 Å². The summed E-state index contributed by atoms with van der Waals surface area (Å²) in [5.74, 6) is 0.960. The number of sulfonamides is 1. The van der Waals surface area contributed by atoms with Crippen molar-refractivity contribution in [1.82, 2.24) is 14.3 Å². The van der Waals surface area contributed by atoms with E-state index in [2.05, 4.69) is 14.9 Å². The first-order chi connectivity index (χ1) is 12.2. The van der Waals surface area contributed by atoms with E-state index in [1.165, 1.54) is 12.8 Å². The lowest BCUT2D eigenvalue weighted by Crippen LogP contribution is -2.48. The number of piperidine rings is 1. The molecule has 0 radical (unpaired) electrons. The predicted molar refractivity (Wildman–Crippen MR) is 95.8 cm³/mol. The Morgan fingerprint density at radius 2 is 1.64 bits per heavy atom. The SMILES string of the molecule is O=S(=O)(c1ccccc1)N1CCC(N(c2ccncn2)C2CC2)CC1. The highest BCUT2D eigenvalue weighted by Crippen LogP contribution is 2.35. The summed E-state index contributed by atoms with van der Waals surface area (Å²) in [6.45, 7) is 1.10. The molecule has 4 rings (SSSR count). The third-order valence-electron chi connectivity index (χ3n) is 4.97. The third-order valence-corrected chi connectivity index (χ3v) is 6.88. The van der Waals surface area contributed by atoms with Crippen molar-refractivity contribution in [2.45, 2.75) is 42.7 Å². The summed E-state index contributed by atoms with van der Waals surface area (Å²) in [6, 6.07) is 11.5. The Kier molecular flexibility index (Phi) is 4.43. The smallest absolute Gasteiger partial charge is 0.243 e. The molecule has 7 heteroatoms. The standard InChI is InChI=1S/C18H22N4O2S/c23-25(24,17-4-2-1-3-5-17)21-12-9-16(10-13-21)22(15-6-7-15)18-8-11-19-14-20-18/h1-5,8,11,14-16H,6-7,9-10,12-13H2. The minimum atomic E-state index is -3.39. The number of nitrogens with zero attached hydrogens (tertiary/aromatic N) is 4. The average Bonchev–Trinajstić information content (AvgIpc) is 3.49. The average molecular weight is 358 g/mol. The number of hydrogen-bond donors (Lipinski definition) is 0. The highest BCUT2D eigenvalue weighted by molar-refractivity contribution is 7.89. The zero-order valence-electron chi connectivity index (χ0n) is 14.0. The lowest BCUT2D eigenvalue weighted by molar-refractivity contribution is 0.308. The van der Waals surface area contributed by atoms with Gasteiger partial charge in [-0.25, -0.2) is 18.4 Å². The van der Waals surface area contributed by atoms with Crippen molar-refractivity contribution < 1.29 is 8.42 Å². The van der Waals surface area contributed by atoms with Crippen LogP contribution in [0.4, 0.5) is 5.82 Å². The van der Waals surface area contributed by atoms with E-state index in [1.54, 1.807) is 41.1 Å². The fourth-order valence-corrected chi connectivity index (χ4v) is 5.05. The van der Waals surface area contributed by atoms with E-state index in [0.717, 1.165) is 18.7 Å². The molecule has 0 N–H and O–H groups in total. The van der Waals surface area contributed by atoms with Crippen LogP contribution in [0.2, 0.25) is 0 Å². The summed E-state index contributed by atoms with van der Waals surface area (Å²) in [5.41, 5.74) is 0. The van der Waals surface area contributed by atoms with Gasteiger partial charge in [0.25, 0.3) is 0 Å². The lowest BCUT2D eigenvalue weighted by atomic mass is 10.0. The van der Waals surface area contributed by atoms with Crippen LogP contribution in [0, 0.1) is 0 Å². The zero-order chi connectivity index (χ0) is 17.3. The van der Waals surface area contributed by atoms with Crippen LogP contribution >= 0.6 is 0 Å². The van der Waals surface area contributed by atoms with Crippen LogP contribution in [0.25, 0.3) is 0 Å². The highest BCUT2D eigenvalue weighted by Gasteiger charge is 2.38. The first-order valence-electron chi connectivity index (χ1n) is 8.76. The maximum absolute atomic E-state index is 12.8. The summed E-state index contributed by atoms with van der Waals surface area (Å²) in [6.07, 6.45) is 7.38. The fraction of sp³-hybridized carbons (Fsp3) is 0.444. The summed E-state index contributed by atoms with van der Waals surface area (Å²) >= 11 is 0. The van der Waals surface area contributed by atoms with Crippen molar-refractivity contribution in [2.75, 3.05) is 18.0 Å². The van der Waals surface area contributed by atoms with Gasteiger partial charge in [0, 0.05) is 31.4 Å². The molecule has 2 aliphatic rings. The third kappa shape index (κ3) is 3.39. The van der Waals surface area contributed by atoms with Crippen molar-refractivity contribution in [2.24, 2.45) is 0 Å². The summed E-state index contributed by atoms with van der Waals surface area (Å²) < 4.78 is 27.2. The van der Waals surface area contributed by atoms with Gasteiger partial charge < -0.3 is 4.90 Å². The summed E-state index contributed by atoms with van der Waals surface area (Å²) in [5, 5.41) is 0. The maximum atomic E-state index is 12.8. The molecule has 132 valence electrons. The molecule has 6 nitrogen and oxygen atoms in total. The van der Waals surface area contributed by atoms with Crippen LogP contribution in [0.15, 0.2) is 53.8 Å². The molecule has 1 aromatic heterocycles. The monoisotopic (exact) mass is 358 g/mol. The summed E-state index contributed by atoms with van der Waals surface area (Å²) in [4.78, 5) is 11.2. The molecule has 1 aromatic carbocycles. The quantitative estimate of drug-likeness (QED) is 0.820. The van der Waals surface area contributed by atoms with Crippen LogP contribution in [0.1, 0.15) is 25.7 Å². The molecule has 0 spiro atoms. The topological polar surface area (TPSA) is 66.4 Å². The molecule has 0 unspecified atom stereocenters. The van der Waals surface area contributed by atoms with Crippen molar-refractivity contribution in [1.29, 1.82) is 0 Å². The molecule has 0 amide bonds. The predicted octanol–water partition coefficient (Wildman–Crippen LogP) is 2.30. The van der Waals surface area contributed by atoms with E-state index in [-0.39, 0.29) is 0 Å². The van der Waals surface area contributed by atoms with Gasteiger partial charge in [-0.2, -0.15) is 4.31 Å². The molecule has 25 heavy (non-hydrogen) atoms. The Bertz CT molecular complexity index is 801. The van der Waals surface area contributed by atoms with Gasteiger partial charge in [0.15, 0.2) is 0 Å². The highest BCUT2D eigenvalue weighted by atomic mass is 32.2.